The van der Waals surface area contributed by atoms with Crippen LogP contribution < -0.4 is 4.90 Å². The second-order valence-electron chi connectivity index (χ2n) is 6.17. The molecule has 1 saturated heterocycles. The minimum absolute atomic E-state index is 0.0955. The number of furan rings is 1. The first-order valence-electron chi connectivity index (χ1n) is 8.58. The van der Waals surface area contributed by atoms with Crippen LogP contribution in [0.4, 0.5) is 5.95 Å². The van der Waals surface area contributed by atoms with E-state index in [0.29, 0.717) is 50.1 Å². The molecule has 0 unspecified atom stereocenters. The second-order valence-corrected chi connectivity index (χ2v) is 6.17. The van der Waals surface area contributed by atoms with E-state index in [1.54, 1.807) is 25.6 Å². The Morgan fingerprint density at radius 3 is 2.58 bits per heavy atom. The van der Waals surface area contributed by atoms with Gasteiger partial charge in [-0.15, -0.1) is 0 Å². The Morgan fingerprint density at radius 1 is 1.12 bits per heavy atom. The third-order valence-electron chi connectivity index (χ3n) is 4.58. The van der Waals surface area contributed by atoms with Gasteiger partial charge in [0.1, 0.15) is 5.58 Å². The van der Waals surface area contributed by atoms with Gasteiger partial charge in [0, 0.05) is 56.6 Å². The number of methoxy groups -OCH3 is 1. The highest BCUT2D eigenvalue weighted by Crippen LogP contribution is 2.28. The largest absolute Gasteiger partial charge is 0.451 e. The number of benzene rings is 1. The first-order valence-corrected chi connectivity index (χ1v) is 8.58. The average molecular weight is 352 g/mol. The SMILES string of the molecule is COCc1c(C(=O)N2CCN(c3ncccn3)CC2)oc2ccccc12. The molecule has 0 atom stereocenters. The molecule has 7 heteroatoms. The molecule has 134 valence electrons. The third kappa shape index (κ3) is 3.01. The Balaban J connectivity index is 1.54. The van der Waals surface area contributed by atoms with Crippen molar-refractivity contribution in [3.63, 3.8) is 0 Å². The first-order chi connectivity index (χ1) is 12.8. The van der Waals surface area contributed by atoms with Gasteiger partial charge in [-0.2, -0.15) is 0 Å². The van der Waals surface area contributed by atoms with Crippen molar-refractivity contribution < 1.29 is 13.9 Å². The summed E-state index contributed by atoms with van der Waals surface area (Å²) in [6.45, 7) is 2.92. The molecule has 0 spiro atoms. The summed E-state index contributed by atoms with van der Waals surface area (Å²) in [6, 6.07) is 9.45. The molecule has 1 aromatic carbocycles. The summed E-state index contributed by atoms with van der Waals surface area (Å²) in [5.41, 5.74) is 1.51. The van der Waals surface area contributed by atoms with E-state index < -0.39 is 0 Å². The van der Waals surface area contributed by atoms with Crippen molar-refractivity contribution in [2.45, 2.75) is 6.61 Å². The molecule has 4 rings (SSSR count). The molecule has 3 aromatic rings. The van der Waals surface area contributed by atoms with Crippen molar-refractivity contribution in [1.82, 2.24) is 14.9 Å². The summed E-state index contributed by atoms with van der Waals surface area (Å²) >= 11 is 0. The third-order valence-corrected chi connectivity index (χ3v) is 4.58. The second kappa shape index (κ2) is 7.13. The lowest BCUT2D eigenvalue weighted by Gasteiger charge is -2.34. The van der Waals surface area contributed by atoms with E-state index in [4.69, 9.17) is 9.15 Å². The molecular weight excluding hydrogens is 332 g/mol. The zero-order valence-electron chi connectivity index (χ0n) is 14.6. The minimum Gasteiger partial charge on any atom is -0.451 e. The Kier molecular flexibility index (Phi) is 4.53. The molecule has 0 N–H and O–H groups in total. The number of hydrogen-bond acceptors (Lipinski definition) is 6. The molecule has 1 amide bonds. The lowest BCUT2D eigenvalue weighted by atomic mass is 10.1. The average Bonchev–Trinajstić information content (AvgIpc) is 3.07. The summed E-state index contributed by atoms with van der Waals surface area (Å²) < 4.78 is 11.2. The molecule has 1 fully saturated rings. The summed E-state index contributed by atoms with van der Waals surface area (Å²) in [6.07, 6.45) is 3.45. The van der Waals surface area contributed by atoms with E-state index >= 15 is 0 Å². The summed E-state index contributed by atoms with van der Waals surface area (Å²) in [7, 11) is 1.62. The quantitative estimate of drug-likeness (QED) is 0.718. The van der Waals surface area contributed by atoms with E-state index in [2.05, 4.69) is 14.9 Å². The molecular formula is C19H20N4O3. The maximum atomic E-state index is 13.0. The number of rotatable bonds is 4. The number of carbonyl (C=O) groups excluding carboxylic acids is 1. The molecule has 1 aliphatic heterocycles. The van der Waals surface area contributed by atoms with Gasteiger partial charge in [-0.05, 0) is 12.1 Å². The summed E-state index contributed by atoms with van der Waals surface area (Å²) in [4.78, 5) is 25.5. The van der Waals surface area contributed by atoms with E-state index in [-0.39, 0.29) is 5.91 Å². The maximum Gasteiger partial charge on any atom is 0.290 e. The van der Waals surface area contributed by atoms with Crippen LogP contribution in [0, 0.1) is 0 Å². The van der Waals surface area contributed by atoms with Crippen LogP contribution in [-0.4, -0.2) is 54.1 Å². The summed E-state index contributed by atoms with van der Waals surface area (Å²) in [5.74, 6) is 0.975. The number of anilines is 1. The molecule has 26 heavy (non-hydrogen) atoms. The van der Waals surface area contributed by atoms with Crippen LogP contribution in [0.25, 0.3) is 11.0 Å². The van der Waals surface area contributed by atoms with Gasteiger partial charge >= 0.3 is 0 Å². The highest BCUT2D eigenvalue weighted by atomic mass is 16.5. The van der Waals surface area contributed by atoms with Crippen molar-refractivity contribution in [1.29, 1.82) is 0 Å². The van der Waals surface area contributed by atoms with E-state index in [1.165, 1.54) is 0 Å². The van der Waals surface area contributed by atoms with Crippen LogP contribution in [0.2, 0.25) is 0 Å². The molecule has 0 aliphatic carbocycles. The van der Waals surface area contributed by atoms with Crippen LogP contribution in [0.1, 0.15) is 16.1 Å². The van der Waals surface area contributed by atoms with Crippen LogP contribution in [0.5, 0.6) is 0 Å². The highest BCUT2D eigenvalue weighted by Gasteiger charge is 2.28. The van der Waals surface area contributed by atoms with Crippen molar-refractivity contribution in [3.8, 4) is 0 Å². The molecule has 2 aromatic heterocycles. The fourth-order valence-electron chi connectivity index (χ4n) is 3.27. The van der Waals surface area contributed by atoms with Crippen molar-refractivity contribution in [2.75, 3.05) is 38.2 Å². The van der Waals surface area contributed by atoms with Gasteiger partial charge in [0.2, 0.25) is 5.95 Å². The van der Waals surface area contributed by atoms with Crippen molar-refractivity contribution >= 4 is 22.8 Å². The molecule has 1 aliphatic rings. The highest BCUT2D eigenvalue weighted by molar-refractivity contribution is 5.99. The Morgan fingerprint density at radius 2 is 1.85 bits per heavy atom. The van der Waals surface area contributed by atoms with Crippen LogP contribution >= 0.6 is 0 Å². The smallest absolute Gasteiger partial charge is 0.290 e. The van der Waals surface area contributed by atoms with Crippen LogP contribution in [0.3, 0.4) is 0 Å². The minimum atomic E-state index is -0.0955. The molecule has 7 nitrogen and oxygen atoms in total. The van der Waals surface area contributed by atoms with E-state index in [0.717, 1.165) is 10.9 Å². The molecule has 0 saturated carbocycles. The number of hydrogen-bond donors (Lipinski definition) is 0. The number of para-hydroxylation sites is 1. The maximum absolute atomic E-state index is 13.0. The zero-order valence-corrected chi connectivity index (χ0v) is 14.6. The Hall–Kier alpha value is -2.93. The fourth-order valence-corrected chi connectivity index (χ4v) is 3.27. The zero-order chi connectivity index (χ0) is 17.9. The topological polar surface area (TPSA) is 71.7 Å². The molecule has 3 heterocycles. The normalized spacial score (nSPS) is 14.8. The molecule has 0 bridgehead atoms. The van der Waals surface area contributed by atoms with Crippen LogP contribution in [-0.2, 0) is 11.3 Å². The lowest BCUT2D eigenvalue weighted by Crippen LogP contribution is -2.49. The number of piperazine rings is 1. The Bertz CT molecular complexity index is 902. The number of nitrogens with zero attached hydrogens (tertiary/aromatic N) is 4. The number of carbonyl (C=O) groups is 1. The van der Waals surface area contributed by atoms with E-state index in [1.807, 2.05) is 29.2 Å². The van der Waals surface area contributed by atoms with Gasteiger partial charge in [-0.25, -0.2) is 9.97 Å². The van der Waals surface area contributed by atoms with Crippen LogP contribution in [0.15, 0.2) is 47.1 Å². The standard InChI is InChI=1S/C19H20N4O3/c1-25-13-15-14-5-2-3-6-16(14)26-17(15)18(24)22-9-11-23(12-10-22)19-20-7-4-8-21-19/h2-8H,9-13H2,1H3. The monoisotopic (exact) mass is 352 g/mol. The Labute approximate surface area is 151 Å². The number of fused-ring (bicyclic) bond motifs is 1. The van der Waals surface area contributed by atoms with Gasteiger partial charge in [-0.1, -0.05) is 18.2 Å². The lowest BCUT2D eigenvalue weighted by molar-refractivity contribution is 0.0710. The summed E-state index contributed by atoms with van der Waals surface area (Å²) in [5, 5.41) is 0.925. The van der Waals surface area contributed by atoms with Crippen molar-refractivity contribution in [2.24, 2.45) is 0 Å². The first kappa shape index (κ1) is 16.5. The van der Waals surface area contributed by atoms with Gasteiger partial charge in [0.25, 0.3) is 5.91 Å². The predicted molar refractivity (Wildman–Crippen MR) is 97.1 cm³/mol. The predicted octanol–water partition coefficient (Wildman–Crippen LogP) is 2.33. The van der Waals surface area contributed by atoms with Gasteiger partial charge in [-0.3, -0.25) is 4.79 Å². The van der Waals surface area contributed by atoms with Gasteiger partial charge in [0.05, 0.1) is 6.61 Å². The van der Waals surface area contributed by atoms with Crippen molar-refractivity contribution in [3.05, 3.63) is 54.0 Å². The van der Waals surface area contributed by atoms with Gasteiger partial charge < -0.3 is 19.0 Å². The number of ether oxygens (including phenoxy) is 1. The fraction of sp³-hybridized carbons (Fsp3) is 0.316. The van der Waals surface area contributed by atoms with Gasteiger partial charge in [0.15, 0.2) is 5.76 Å². The molecule has 0 radical (unpaired) electrons. The number of amides is 1. The number of aromatic nitrogens is 2. The van der Waals surface area contributed by atoms with E-state index in [9.17, 15) is 4.79 Å².